The van der Waals surface area contributed by atoms with E-state index in [4.69, 9.17) is 18.4 Å². The van der Waals surface area contributed by atoms with Gasteiger partial charge in [0.15, 0.2) is 15.1 Å². The van der Waals surface area contributed by atoms with Crippen LogP contribution in [0.25, 0.3) is 4.98 Å². The second kappa shape index (κ2) is 7.41. The predicted molar refractivity (Wildman–Crippen MR) is 67.3 cm³/mol. The van der Waals surface area contributed by atoms with Crippen molar-refractivity contribution in [2.45, 2.75) is 17.9 Å². The molecule has 25 heavy (non-hydrogen) atoms. The molecule has 0 radical (unpaired) electrons. The lowest BCUT2D eigenvalue weighted by molar-refractivity contribution is -0.0519. The van der Waals surface area contributed by atoms with Crippen LogP contribution in [0.15, 0.2) is 18.2 Å². The lowest BCUT2D eigenvalue weighted by atomic mass is 10.2. The summed E-state index contributed by atoms with van der Waals surface area (Å²) in [5.74, 6) is -0.477. The minimum atomic E-state index is -6.09. The molecule has 0 bridgehead atoms. The van der Waals surface area contributed by atoms with E-state index in [2.05, 4.69) is 9.16 Å². The Labute approximate surface area is 136 Å². The van der Waals surface area contributed by atoms with Gasteiger partial charge in [-0.2, -0.15) is 34.8 Å². The van der Waals surface area contributed by atoms with Gasteiger partial charge in [0.25, 0.3) is 0 Å². The average Bonchev–Trinajstić information content (AvgIpc) is 2.38. The van der Waals surface area contributed by atoms with Gasteiger partial charge < -0.3 is 8.74 Å². The lowest BCUT2D eigenvalue weighted by Gasteiger charge is -2.10. The number of hydrogen-bond acceptors (Lipinski definition) is 7. The van der Waals surface area contributed by atoms with Crippen LogP contribution in [0, 0.1) is 12.3 Å². The molecular formula is C9H6F6N2O6S2. The monoisotopic (exact) mass is 416 g/mol. The fraction of sp³-hybridized carbons (Fsp3) is 0.333. The first-order valence-corrected chi connectivity index (χ1v) is 8.22. The van der Waals surface area contributed by atoms with Crippen molar-refractivity contribution in [1.82, 2.24) is 0 Å². The normalized spacial score (nSPS) is 12.6. The van der Waals surface area contributed by atoms with Gasteiger partial charge in [-0.15, -0.1) is 0 Å². The van der Waals surface area contributed by atoms with E-state index in [1.54, 1.807) is 0 Å². The molecule has 1 rings (SSSR count). The Morgan fingerprint density at radius 3 is 1.76 bits per heavy atom. The molecular weight excluding hydrogens is 410 g/mol. The number of halogens is 6. The van der Waals surface area contributed by atoms with Crippen molar-refractivity contribution in [3.63, 3.8) is 0 Å². The molecule has 0 fully saturated rings. The molecule has 0 aliphatic rings. The molecule has 0 aromatic heterocycles. The topological polar surface area (TPSA) is 129 Å². The Balaban J connectivity index is 0.000000609. The number of benzene rings is 1. The molecule has 0 heterocycles. The van der Waals surface area contributed by atoms with E-state index in [1.165, 1.54) is 13.0 Å². The van der Waals surface area contributed by atoms with Gasteiger partial charge in [0.05, 0.1) is 0 Å². The van der Waals surface area contributed by atoms with Crippen LogP contribution in [0.1, 0.15) is 5.56 Å². The number of hydrogen-bond donors (Lipinski definition) is 0. The molecule has 8 nitrogen and oxygen atoms in total. The van der Waals surface area contributed by atoms with Gasteiger partial charge >= 0.3 is 26.8 Å². The van der Waals surface area contributed by atoms with E-state index in [-0.39, 0.29) is 11.3 Å². The zero-order valence-corrected chi connectivity index (χ0v) is 13.3. The zero-order valence-electron chi connectivity index (χ0n) is 11.7. The highest BCUT2D eigenvalue weighted by Crippen LogP contribution is 2.30. The summed E-state index contributed by atoms with van der Waals surface area (Å²) in [6.45, 7) is 1.32. The van der Waals surface area contributed by atoms with Gasteiger partial charge in [-0.3, -0.25) is 0 Å². The SMILES string of the molecule is Cc1cc([N+]#N)ccc1OS(=O)(=O)C(F)(F)F.O=S(=O)([O-])C(F)(F)F. The van der Waals surface area contributed by atoms with Gasteiger partial charge in [0, 0.05) is 17.7 Å². The maximum absolute atomic E-state index is 12.0. The van der Waals surface area contributed by atoms with Crippen LogP contribution in [-0.2, 0) is 20.2 Å². The van der Waals surface area contributed by atoms with Crippen molar-refractivity contribution in [3.05, 3.63) is 28.7 Å². The number of nitrogens with zero attached hydrogens (tertiary/aromatic N) is 2. The van der Waals surface area contributed by atoms with Crippen LogP contribution in [-0.4, -0.2) is 32.4 Å². The van der Waals surface area contributed by atoms with E-state index < -0.39 is 37.0 Å². The van der Waals surface area contributed by atoms with E-state index in [1.807, 2.05) is 0 Å². The van der Waals surface area contributed by atoms with Gasteiger partial charge in [0.2, 0.25) is 5.39 Å². The van der Waals surface area contributed by atoms with Crippen molar-refractivity contribution in [2.75, 3.05) is 0 Å². The quantitative estimate of drug-likeness (QED) is 0.238. The molecule has 0 N–H and O–H groups in total. The molecule has 0 saturated heterocycles. The van der Waals surface area contributed by atoms with E-state index in [0.29, 0.717) is 0 Å². The van der Waals surface area contributed by atoms with Crippen LogP contribution in [0.4, 0.5) is 32.0 Å². The standard InChI is InChI=1S/C8H6F3N2O3S.CHF3O3S/c1-5-4-6(13-12)2-3-7(5)16-17(14,15)8(9,10)11;2-1(3,4)8(5,6)7/h2-4H,1H3;(H,5,6,7)/q+1;/p-1. The maximum atomic E-state index is 12.0. The number of diazo groups is 1. The molecule has 0 aliphatic carbocycles. The highest BCUT2D eigenvalue weighted by atomic mass is 32.2. The second-order valence-electron chi connectivity index (χ2n) is 3.93. The Hall–Kier alpha value is -2.12. The summed E-state index contributed by atoms with van der Waals surface area (Å²) in [7, 11) is -11.8. The molecule has 1 aromatic rings. The first kappa shape index (κ1) is 22.9. The van der Waals surface area contributed by atoms with Crippen molar-refractivity contribution in [3.8, 4) is 5.75 Å². The molecule has 0 spiro atoms. The van der Waals surface area contributed by atoms with Crippen molar-refractivity contribution in [1.29, 1.82) is 5.39 Å². The van der Waals surface area contributed by atoms with Gasteiger partial charge in [-0.25, -0.2) is 8.42 Å². The number of aryl methyl sites for hydroxylation is 1. The fourth-order valence-electron chi connectivity index (χ4n) is 0.955. The summed E-state index contributed by atoms with van der Waals surface area (Å²) in [6.07, 6.45) is 0. The zero-order chi connectivity index (χ0) is 20.3. The summed E-state index contributed by atoms with van der Waals surface area (Å²) in [4.78, 5) is 2.79. The molecule has 0 unspecified atom stereocenters. The first-order valence-electron chi connectivity index (χ1n) is 5.41. The van der Waals surface area contributed by atoms with Crippen LogP contribution in [0.5, 0.6) is 5.75 Å². The predicted octanol–water partition coefficient (Wildman–Crippen LogP) is 2.76. The summed E-state index contributed by atoms with van der Waals surface area (Å²) < 4.78 is 120. The minimum absolute atomic E-state index is 0.0688. The molecule has 1 aromatic carbocycles. The van der Waals surface area contributed by atoms with Crippen LogP contribution >= 0.6 is 0 Å². The van der Waals surface area contributed by atoms with E-state index in [0.717, 1.165) is 12.1 Å². The molecule has 0 atom stereocenters. The highest BCUT2D eigenvalue weighted by molar-refractivity contribution is 7.88. The largest absolute Gasteiger partial charge is 0.741 e. The Bertz CT molecular complexity index is 869. The Morgan fingerprint density at radius 1 is 1.04 bits per heavy atom. The van der Waals surface area contributed by atoms with E-state index >= 15 is 0 Å². The minimum Gasteiger partial charge on any atom is -0.741 e. The molecule has 0 amide bonds. The van der Waals surface area contributed by atoms with Crippen molar-refractivity contribution in [2.24, 2.45) is 0 Å². The summed E-state index contributed by atoms with van der Waals surface area (Å²) in [5.41, 5.74) is -11.0. The van der Waals surface area contributed by atoms with E-state index in [9.17, 15) is 34.8 Å². The van der Waals surface area contributed by atoms with Gasteiger partial charge in [-0.1, -0.05) is 0 Å². The molecule has 0 aliphatic heterocycles. The van der Waals surface area contributed by atoms with Crippen LogP contribution < -0.4 is 4.18 Å². The van der Waals surface area contributed by atoms with Crippen LogP contribution in [0.2, 0.25) is 0 Å². The summed E-state index contributed by atoms with van der Waals surface area (Å²) in [5, 5.41) is 8.40. The average molecular weight is 416 g/mol. The first-order chi connectivity index (χ1) is 10.9. The fourth-order valence-corrected chi connectivity index (χ4v) is 1.47. The summed E-state index contributed by atoms with van der Waals surface area (Å²) in [6, 6.07) is 3.24. The third kappa shape index (κ3) is 6.72. The maximum Gasteiger partial charge on any atom is 0.534 e. The molecule has 0 saturated carbocycles. The van der Waals surface area contributed by atoms with Gasteiger partial charge in [-0.05, 0) is 13.0 Å². The lowest BCUT2D eigenvalue weighted by Crippen LogP contribution is -2.28. The Kier molecular flexibility index (Phi) is 6.78. The summed E-state index contributed by atoms with van der Waals surface area (Å²) >= 11 is 0. The smallest absolute Gasteiger partial charge is 0.534 e. The highest BCUT2D eigenvalue weighted by Gasteiger charge is 2.48. The van der Waals surface area contributed by atoms with Gasteiger partial charge in [0.1, 0.15) is 5.75 Å². The second-order valence-corrected chi connectivity index (χ2v) is 6.84. The Morgan fingerprint density at radius 2 is 1.48 bits per heavy atom. The van der Waals surface area contributed by atoms with Crippen LogP contribution in [0.3, 0.4) is 0 Å². The number of alkyl halides is 6. The third-order valence-corrected chi connectivity index (χ3v) is 3.57. The molecule has 142 valence electrons. The molecule has 16 heteroatoms. The van der Waals surface area contributed by atoms with Crippen molar-refractivity contribution < 1.29 is 51.9 Å². The third-order valence-electron chi connectivity index (χ3n) is 2.04. The van der Waals surface area contributed by atoms with Crippen molar-refractivity contribution >= 4 is 25.9 Å². The number of rotatable bonds is 2.